The van der Waals surface area contributed by atoms with Crippen molar-refractivity contribution in [2.45, 2.75) is 13.5 Å². The van der Waals surface area contributed by atoms with Crippen LogP contribution in [0.4, 0.5) is 5.69 Å². The second-order valence-corrected chi connectivity index (χ2v) is 6.96. The van der Waals surface area contributed by atoms with Crippen LogP contribution in [0.5, 0.6) is 5.75 Å². The zero-order chi connectivity index (χ0) is 22.0. The molecular weight excluding hydrogens is 396 g/mol. The minimum Gasteiger partial charge on any atom is -0.495 e. The summed E-state index contributed by atoms with van der Waals surface area (Å²) in [6.07, 6.45) is 0. The Hall–Kier alpha value is -3.91. The quantitative estimate of drug-likeness (QED) is 0.500. The lowest BCUT2D eigenvalue weighted by Crippen LogP contribution is -2.30. The number of H-pyrrole nitrogens is 1. The number of ether oxygens (including phenoxy) is 2. The highest BCUT2D eigenvalue weighted by Crippen LogP contribution is 2.27. The van der Waals surface area contributed by atoms with E-state index >= 15 is 0 Å². The molecule has 4 rings (SSSR count). The molecule has 31 heavy (non-hydrogen) atoms. The van der Waals surface area contributed by atoms with Crippen LogP contribution in [0, 0.1) is 6.92 Å². The Balaban J connectivity index is 1.88. The lowest BCUT2D eigenvalue weighted by atomic mass is 10.1. The van der Waals surface area contributed by atoms with E-state index in [-0.39, 0.29) is 17.9 Å². The summed E-state index contributed by atoms with van der Waals surface area (Å²) < 4.78 is 11.8. The molecule has 0 fully saturated rings. The first-order valence-electron chi connectivity index (χ1n) is 9.68. The Morgan fingerprint density at radius 1 is 1.10 bits per heavy atom. The van der Waals surface area contributed by atoms with Crippen LogP contribution in [0.25, 0.3) is 16.8 Å². The maximum Gasteiger partial charge on any atom is 0.285 e. The highest BCUT2D eigenvalue weighted by atomic mass is 16.5. The normalized spacial score (nSPS) is 10.9. The summed E-state index contributed by atoms with van der Waals surface area (Å²) in [5.74, 6) is -0.0997. The minimum atomic E-state index is -0.586. The predicted molar refractivity (Wildman–Crippen MR) is 118 cm³/mol. The molecule has 0 aliphatic rings. The third-order valence-corrected chi connectivity index (χ3v) is 4.96. The largest absolute Gasteiger partial charge is 0.495 e. The van der Waals surface area contributed by atoms with Crippen molar-refractivity contribution in [1.82, 2.24) is 14.6 Å². The lowest BCUT2D eigenvalue weighted by Gasteiger charge is -2.12. The molecule has 2 N–H and O–H groups in total. The smallest absolute Gasteiger partial charge is 0.285 e. The molecule has 0 saturated heterocycles. The summed E-state index contributed by atoms with van der Waals surface area (Å²) in [4.78, 5) is 31.1. The van der Waals surface area contributed by atoms with Crippen molar-refractivity contribution in [2.24, 2.45) is 0 Å². The number of aryl methyl sites for hydroxylation is 1. The topological polar surface area (TPSA) is 97.7 Å². The van der Waals surface area contributed by atoms with Gasteiger partial charge in [0, 0.05) is 18.4 Å². The van der Waals surface area contributed by atoms with E-state index in [2.05, 4.69) is 15.4 Å². The third-order valence-electron chi connectivity index (χ3n) is 4.96. The highest BCUT2D eigenvalue weighted by molar-refractivity contribution is 6.05. The van der Waals surface area contributed by atoms with Gasteiger partial charge in [-0.15, -0.1) is 0 Å². The molecule has 8 nitrogen and oxygen atoms in total. The Kier molecular flexibility index (Phi) is 5.55. The summed E-state index contributed by atoms with van der Waals surface area (Å²) in [7, 11) is 3.00. The first-order valence-corrected chi connectivity index (χ1v) is 9.68. The number of hydrogen-bond donors (Lipinski definition) is 2. The van der Waals surface area contributed by atoms with Gasteiger partial charge in [0.1, 0.15) is 11.3 Å². The molecule has 1 amide bonds. The second kappa shape index (κ2) is 8.45. The number of aromatic nitrogens is 3. The van der Waals surface area contributed by atoms with E-state index < -0.39 is 11.5 Å². The fraction of sp³-hybridized carbons (Fsp3) is 0.174. The zero-order valence-electron chi connectivity index (χ0n) is 17.4. The lowest BCUT2D eigenvalue weighted by molar-refractivity contribution is 0.101. The predicted octanol–water partition coefficient (Wildman–Crippen LogP) is 3.41. The Morgan fingerprint density at radius 2 is 1.81 bits per heavy atom. The van der Waals surface area contributed by atoms with Crippen molar-refractivity contribution >= 4 is 17.2 Å². The number of benzene rings is 2. The summed E-state index contributed by atoms with van der Waals surface area (Å²) in [6, 6.07) is 16.6. The number of nitrogens with zero attached hydrogens (tertiary/aromatic N) is 2. The number of methoxy groups -OCH3 is 2. The van der Waals surface area contributed by atoms with E-state index in [9.17, 15) is 9.59 Å². The number of fused-ring (bicyclic) bond motifs is 1. The van der Waals surface area contributed by atoms with Crippen LogP contribution in [0.15, 0.2) is 59.4 Å². The van der Waals surface area contributed by atoms with Crippen molar-refractivity contribution < 1.29 is 14.3 Å². The van der Waals surface area contributed by atoms with Gasteiger partial charge < -0.3 is 14.8 Å². The summed E-state index contributed by atoms with van der Waals surface area (Å²) in [5.41, 5.74) is 3.04. The number of hydrogen-bond acceptors (Lipinski definition) is 5. The number of amides is 1. The molecule has 0 spiro atoms. The molecule has 0 bridgehead atoms. The van der Waals surface area contributed by atoms with Gasteiger partial charge in [0.15, 0.2) is 5.65 Å². The monoisotopic (exact) mass is 418 g/mol. The Morgan fingerprint density at radius 3 is 2.52 bits per heavy atom. The number of anilines is 1. The van der Waals surface area contributed by atoms with Crippen molar-refractivity contribution in [3.8, 4) is 16.9 Å². The van der Waals surface area contributed by atoms with E-state index in [1.165, 1.54) is 18.7 Å². The molecule has 2 aromatic carbocycles. The number of rotatable bonds is 6. The Bertz CT molecular complexity index is 1310. The molecule has 2 heterocycles. The van der Waals surface area contributed by atoms with Crippen LogP contribution in [-0.2, 0) is 11.3 Å². The van der Waals surface area contributed by atoms with Crippen LogP contribution in [0.2, 0.25) is 0 Å². The Labute approximate surface area is 178 Å². The summed E-state index contributed by atoms with van der Waals surface area (Å²) in [6.45, 7) is 1.87. The summed E-state index contributed by atoms with van der Waals surface area (Å²) >= 11 is 0. The average Bonchev–Trinajstić information content (AvgIpc) is 3.11. The number of carbonyl (C=O) groups excluding carboxylic acids is 1. The van der Waals surface area contributed by atoms with Crippen molar-refractivity contribution in [3.63, 3.8) is 0 Å². The standard InChI is InChI=1S/C23H22N4O4/c1-14-19(15-9-5-4-6-10-15)21-24-17(13-30-2)20(23(29)27(21)26-14)22(28)25-16-11-7-8-12-18(16)31-3/h4-12,26H,13H2,1-3H3,(H,25,28). The van der Waals surface area contributed by atoms with Gasteiger partial charge in [-0.05, 0) is 24.6 Å². The molecule has 0 unspecified atom stereocenters. The molecule has 4 aromatic rings. The van der Waals surface area contributed by atoms with E-state index in [1.807, 2.05) is 37.3 Å². The van der Waals surface area contributed by atoms with Gasteiger partial charge in [-0.2, -0.15) is 0 Å². The average molecular weight is 418 g/mol. The fourth-order valence-electron chi connectivity index (χ4n) is 3.58. The number of carbonyl (C=O) groups is 1. The zero-order valence-corrected chi connectivity index (χ0v) is 17.4. The van der Waals surface area contributed by atoms with Crippen molar-refractivity contribution in [1.29, 1.82) is 0 Å². The van der Waals surface area contributed by atoms with Gasteiger partial charge >= 0.3 is 0 Å². The van der Waals surface area contributed by atoms with Crippen LogP contribution in [0.1, 0.15) is 21.7 Å². The van der Waals surface area contributed by atoms with Crippen LogP contribution in [-0.4, -0.2) is 34.7 Å². The molecule has 8 heteroatoms. The maximum absolute atomic E-state index is 13.4. The first kappa shape index (κ1) is 20.4. The van der Waals surface area contributed by atoms with Gasteiger partial charge in [-0.25, -0.2) is 9.50 Å². The van der Waals surface area contributed by atoms with Gasteiger partial charge in [-0.3, -0.25) is 14.7 Å². The molecular formula is C23H22N4O4. The third kappa shape index (κ3) is 3.69. The van der Waals surface area contributed by atoms with E-state index in [0.717, 1.165) is 16.8 Å². The van der Waals surface area contributed by atoms with Crippen LogP contribution < -0.4 is 15.6 Å². The van der Waals surface area contributed by atoms with Crippen molar-refractivity contribution in [3.05, 3.63) is 81.9 Å². The van der Waals surface area contributed by atoms with Gasteiger partial charge in [0.25, 0.3) is 11.5 Å². The second-order valence-electron chi connectivity index (χ2n) is 6.96. The van der Waals surface area contributed by atoms with Gasteiger partial charge in [-0.1, -0.05) is 42.5 Å². The molecule has 0 aliphatic heterocycles. The van der Waals surface area contributed by atoms with Gasteiger partial charge in [0.2, 0.25) is 0 Å². The number of para-hydroxylation sites is 2. The molecule has 0 saturated carbocycles. The van der Waals surface area contributed by atoms with Crippen LogP contribution >= 0.6 is 0 Å². The summed E-state index contributed by atoms with van der Waals surface area (Å²) in [5, 5.41) is 5.79. The fourth-order valence-corrected chi connectivity index (χ4v) is 3.58. The maximum atomic E-state index is 13.4. The van der Waals surface area contributed by atoms with Crippen molar-refractivity contribution in [2.75, 3.05) is 19.5 Å². The first-order chi connectivity index (χ1) is 15.0. The minimum absolute atomic E-state index is 0.0128. The molecule has 158 valence electrons. The molecule has 0 aliphatic carbocycles. The van der Waals surface area contributed by atoms with Gasteiger partial charge in [0.05, 0.1) is 25.1 Å². The molecule has 0 radical (unpaired) electrons. The number of aromatic amines is 1. The van der Waals surface area contributed by atoms with E-state index in [4.69, 9.17) is 9.47 Å². The van der Waals surface area contributed by atoms with E-state index in [1.54, 1.807) is 24.3 Å². The van der Waals surface area contributed by atoms with E-state index in [0.29, 0.717) is 17.1 Å². The molecule has 0 atom stereocenters. The van der Waals surface area contributed by atoms with Crippen LogP contribution in [0.3, 0.4) is 0 Å². The number of nitrogens with one attached hydrogen (secondary N) is 2. The molecule has 2 aromatic heterocycles. The highest BCUT2D eigenvalue weighted by Gasteiger charge is 2.24. The SMILES string of the molecule is COCc1nc2c(-c3ccccc3)c(C)[nH]n2c(=O)c1C(=O)Nc1ccccc1OC.